The molecule has 0 saturated heterocycles. The number of aryl methyl sites for hydroxylation is 1. The molecule has 0 fully saturated rings. The van der Waals surface area contributed by atoms with Crippen LogP contribution in [0.15, 0.2) is 48.7 Å². The molecule has 0 aliphatic carbocycles. The molecule has 2 aromatic carbocycles. The fourth-order valence-electron chi connectivity index (χ4n) is 4.21. The second kappa shape index (κ2) is 8.54. The molecule has 0 spiro atoms. The maximum absolute atomic E-state index is 13.3. The van der Waals surface area contributed by atoms with Crippen LogP contribution in [0.1, 0.15) is 29.2 Å². The van der Waals surface area contributed by atoms with Crippen LogP contribution in [0.2, 0.25) is 0 Å². The Morgan fingerprint density at radius 1 is 1.12 bits per heavy atom. The Kier molecular flexibility index (Phi) is 5.40. The SMILES string of the molecule is COc1ccc(C2CC(=O)Nc3c2c(C)nn3-c2nncc(-c3ccc(F)cc3)n2)c(OC)c1. The van der Waals surface area contributed by atoms with E-state index in [0.717, 1.165) is 11.1 Å². The van der Waals surface area contributed by atoms with Crippen molar-refractivity contribution < 1.29 is 18.7 Å². The van der Waals surface area contributed by atoms with Gasteiger partial charge in [-0.15, -0.1) is 5.10 Å². The van der Waals surface area contributed by atoms with E-state index in [4.69, 9.17) is 9.47 Å². The average molecular weight is 460 g/mol. The van der Waals surface area contributed by atoms with Gasteiger partial charge in [-0.25, -0.2) is 9.37 Å². The third-order valence-electron chi connectivity index (χ3n) is 5.80. The standard InChI is InChI=1S/C24H21FN6O3/c1-13-22-18(17-9-8-16(33-2)10-20(17)34-3)11-21(32)28-23(22)31(30-13)24-27-19(12-26-29-24)14-4-6-15(25)7-5-14/h4-10,12,18H,11H2,1-3H3,(H,28,32). The third kappa shape index (κ3) is 3.72. The number of hydrogen-bond acceptors (Lipinski definition) is 7. The summed E-state index contributed by atoms with van der Waals surface area (Å²) in [6.45, 7) is 1.87. The summed E-state index contributed by atoms with van der Waals surface area (Å²) in [4.78, 5) is 17.3. The summed E-state index contributed by atoms with van der Waals surface area (Å²) >= 11 is 0. The van der Waals surface area contributed by atoms with Crippen molar-refractivity contribution in [3.05, 3.63) is 71.3 Å². The lowest BCUT2D eigenvalue weighted by Crippen LogP contribution is -2.25. The fourth-order valence-corrected chi connectivity index (χ4v) is 4.21. The molecule has 172 valence electrons. The minimum atomic E-state index is -0.342. The Balaban J connectivity index is 1.61. The highest BCUT2D eigenvalue weighted by molar-refractivity contribution is 5.95. The van der Waals surface area contributed by atoms with Crippen LogP contribution in [0.5, 0.6) is 11.5 Å². The first kappa shape index (κ1) is 21.5. The number of halogens is 1. The topological polar surface area (TPSA) is 104 Å². The number of methoxy groups -OCH3 is 2. The van der Waals surface area contributed by atoms with Crippen molar-refractivity contribution in [3.63, 3.8) is 0 Å². The molecule has 4 aromatic rings. The van der Waals surface area contributed by atoms with Gasteiger partial charge in [0, 0.05) is 35.1 Å². The van der Waals surface area contributed by atoms with E-state index in [0.29, 0.717) is 34.3 Å². The number of benzene rings is 2. The molecular formula is C24H21FN6O3. The Bertz CT molecular complexity index is 1390. The van der Waals surface area contributed by atoms with E-state index in [1.807, 2.05) is 19.1 Å². The van der Waals surface area contributed by atoms with Crippen molar-refractivity contribution in [2.24, 2.45) is 0 Å². The number of carbonyl (C=O) groups is 1. The molecule has 0 saturated carbocycles. The number of nitrogens with zero attached hydrogens (tertiary/aromatic N) is 5. The van der Waals surface area contributed by atoms with Gasteiger partial charge in [0.15, 0.2) is 0 Å². The highest BCUT2D eigenvalue weighted by atomic mass is 19.1. The predicted molar refractivity (Wildman–Crippen MR) is 122 cm³/mol. The Hall–Kier alpha value is -4.34. The molecule has 0 radical (unpaired) electrons. The van der Waals surface area contributed by atoms with Gasteiger partial charge in [-0.2, -0.15) is 14.9 Å². The number of aromatic nitrogens is 5. The number of carbonyl (C=O) groups excluding carboxylic acids is 1. The van der Waals surface area contributed by atoms with Crippen LogP contribution in [0, 0.1) is 12.7 Å². The van der Waals surface area contributed by atoms with Crippen molar-refractivity contribution in [2.45, 2.75) is 19.3 Å². The van der Waals surface area contributed by atoms with E-state index in [2.05, 4.69) is 25.6 Å². The summed E-state index contributed by atoms with van der Waals surface area (Å²) in [5.41, 5.74) is 3.59. The minimum absolute atomic E-state index is 0.167. The molecule has 1 atom stereocenters. The minimum Gasteiger partial charge on any atom is -0.497 e. The fraction of sp³-hybridized carbons (Fsp3) is 0.208. The van der Waals surface area contributed by atoms with Crippen molar-refractivity contribution in [3.8, 4) is 28.7 Å². The molecule has 1 aliphatic heterocycles. The van der Waals surface area contributed by atoms with Gasteiger partial charge in [0.1, 0.15) is 23.1 Å². The monoisotopic (exact) mass is 460 g/mol. The number of fused-ring (bicyclic) bond motifs is 1. The van der Waals surface area contributed by atoms with Crippen molar-refractivity contribution >= 4 is 11.7 Å². The lowest BCUT2D eigenvalue weighted by molar-refractivity contribution is -0.116. The summed E-state index contributed by atoms with van der Waals surface area (Å²) < 4.78 is 25.7. The molecule has 0 bridgehead atoms. The Morgan fingerprint density at radius 2 is 1.91 bits per heavy atom. The van der Waals surface area contributed by atoms with Crippen molar-refractivity contribution in [1.29, 1.82) is 0 Å². The Morgan fingerprint density at radius 3 is 2.65 bits per heavy atom. The lowest BCUT2D eigenvalue weighted by Gasteiger charge is -2.25. The highest BCUT2D eigenvalue weighted by Crippen LogP contribution is 2.43. The lowest BCUT2D eigenvalue weighted by atomic mass is 9.85. The normalized spacial score (nSPS) is 14.9. The number of ether oxygens (including phenoxy) is 2. The van der Waals surface area contributed by atoms with Crippen LogP contribution < -0.4 is 14.8 Å². The van der Waals surface area contributed by atoms with Gasteiger partial charge in [0.2, 0.25) is 5.91 Å². The van der Waals surface area contributed by atoms with E-state index >= 15 is 0 Å². The van der Waals surface area contributed by atoms with Gasteiger partial charge in [-0.1, -0.05) is 6.07 Å². The van der Waals surface area contributed by atoms with Gasteiger partial charge in [-0.05, 0) is 37.3 Å². The first-order chi connectivity index (χ1) is 16.5. The molecule has 9 nitrogen and oxygen atoms in total. The largest absolute Gasteiger partial charge is 0.497 e. The van der Waals surface area contributed by atoms with Crippen LogP contribution >= 0.6 is 0 Å². The highest BCUT2D eigenvalue weighted by Gasteiger charge is 2.35. The van der Waals surface area contributed by atoms with E-state index in [1.165, 1.54) is 23.0 Å². The molecule has 3 heterocycles. The second-order valence-corrected chi connectivity index (χ2v) is 7.82. The van der Waals surface area contributed by atoms with Crippen molar-refractivity contribution in [1.82, 2.24) is 25.0 Å². The third-order valence-corrected chi connectivity index (χ3v) is 5.80. The number of amides is 1. The quantitative estimate of drug-likeness (QED) is 0.485. The summed E-state index contributed by atoms with van der Waals surface area (Å²) in [5.74, 6) is 1.15. The molecule has 2 aromatic heterocycles. The van der Waals surface area contributed by atoms with Crippen molar-refractivity contribution in [2.75, 3.05) is 19.5 Å². The van der Waals surface area contributed by atoms with E-state index < -0.39 is 0 Å². The van der Waals surface area contributed by atoms with Crippen LogP contribution in [0.25, 0.3) is 17.2 Å². The molecular weight excluding hydrogens is 439 g/mol. The first-order valence-electron chi connectivity index (χ1n) is 10.6. The molecule has 10 heteroatoms. The van der Waals surface area contributed by atoms with E-state index in [9.17, 15) is 9.18 Å². The molecule has 5 rings (SSSR count). The van der Waals surface area contributed by atoms with Gasteiger partial charge in [-0.3, -0.25) is 4.79 Å². The molecule has 34 heavy (non-hydrogen) atoms. The van der Waals surface area contributed by atoms with E-state index in [-0.39, 0.29) is 30.0 Å². The smallest absolute Gasteiger partial charge is 0.272 e. The van der Waals surface area contributed by atoms with Gasteiger partial charge in [0.05, 0.1) is 31.8 Å². The predicted octanol–water partition coefficient (Wildman–Crippen LogP) is 3.66. The molecule has 1 aliphatic rings. The van der Waals surface area contributed by atoms with Crippen LogP contribution in [-0.4, -0.2) is 45.1 Å². The average Bonchev–Trinajstić information content (AvgIpc) is 3.19. The molecule has 1 N–H and O–H groups in total. The zero-order chi connectivity index (χ0) is 23.8. The molecule has 1 unspecified atom stereocenters. The summed E-state index contributed by atoms with van der Waals surface area (Å²) in [6, 6.07) is 11.5. The van der Waals surface area contributed by atoms with Gasteiger partial charge >= 0.3 is 0 Å². The summed E-state index contributed by atoms with van der Waals surface area (Å²) in [5, 5.41) is 15.7. The zero-order valence-electron chi connectivity index (χ0n) is 18.7. The van der Waals surface area contributed by atoms with Gasteiger partial charge in [0.25, 0.3) is 5.95 Å². The number of anilines is 1. The number of hydrogen-bond donors (Lipinski definition) is 1. The molecule has 1 amide bonds. The van der Waals surface area contributed by atoms with E-state index in [1.54, 1.807) is 32.4 Å². The summed E-state index contributed by atoms with van der Waals surface area (Å²) in [7, 11) is 3.17. The first-order valence-corrected chi connectivity index (χ1v) is 10.6. The maximum atomic E-state index is 13.3. The van der Waals surface area contributed by atoms with Crippen LogP contribution in [0.3, 0.4) is 0 Å². The van der Waals surface area contributed by atoms with Gasteiger partial charge < -0.3 is 14.8 Å². The van der Waals surface area contributed by atoms with Crippen LogP contribution in [-0.2, 0) is 4.79 Å². The second-order valence-electron chi connectivity index (χ2n) is 7.82. The maximum Gasteiger partial charge on any atom is 0.272 e. The number of nitrogens with one attached hydrogen (secondary N) is 1. The van der Waals surface area contributed by atoms with Crippen LogP contribution in [0.4, 0.5) is 10.2 Å². The summed E-state index contributed by atoms with van der Waals surface area (Å²) in [6.07, 6.45) is 1.72. The zero-order valence-corrected chi connectivity index (χ0v) is 18.7. The number of rotatable bonds is 5. The Labute approximate surface area is 194 Å².